The van der Waals surface area contributed by atoms with E-state index < -0.39 is 0 Å². The van der Waals surface area contributed by atoms with Gasteiger partial charge in [-0.2, -0.15) is 0 Å². The van der Waals surface area contributed by atoms with Gasteiger partial charge in [-0.15, -0.1) is 0 Å². The second-order valence-electron chi connectivity index (χ2n) is 12.9. The van der Waals surface area contributed by atoms with E-state index in [1.54, 1.807) is 0 Å². The lowest BCUT2D eigenvalue weighted by Gasteiger charge is -2.34. The number of fused-ring (bicyclic) bond motifs is 5. The molecule has 0 spiro atoms. The molecule has 6 heteroatoms. The average molecular weight is 482 g/mol. The summed E-state index contributed by atoms with van der Waals surface area (Å²) >= 11 is 0. The minimum atomic E-state index is -0.372. The molecule has 0 amide bonds. The van der Waals surface area contributed by atoms with Crippen molar-refractivity contribution < 1.29 is 18.7 Å². The minimum Gasteiger partial charge on any atom is -0.488 e. The average Bonchev–Trinajstić information content (AvgIpc) is 3.17. The summed E-state index contributed by atoms with van der Waals surface area (Å²) < 4.78 is 25.4. The highest BCUT2D eigenvalue weighted by Gasteiger charge is 2.52. The van der Waals surface area contributed by atoms with Gasteiger partial charge in [0.1, 0.15) is 12.4 Å². The molecule has 0 radical (unpaired) electrons. The van der Waals surface area contributed by atoms with Crippen LogP contribution in [0.15, 0.2) is 48.5 Å². The molecular weight excluding hydrogens is 446 g/mol. The lowest BCUT2D eigenvalue weighted by molar-refractivity contribution is 0.00578. The molecule has 3 heterocycles. The van der Waals surface area contributed by atoms with Crippen molar-refractivity contribution in [2.24, 2.45) is 5.41 Å². The van der Waals surface area contributed by atoms with Crippen molar-refractivity contribution in [1.82, 2.24) is 0 Å². The quantitative estimate of drug-likeness (QED) is 0.438. The number of hydrogen-bond acceptors (Lipinski definition) is 4. The largest absolute Gasteiger partial charge is 0.494 e. The fraction of sp³-hybridized carbons (Fsp3) is 0.467. The highest BCUT2D eigenvalue weighted by atomic mass is 16.7. The van der Waals surface area contributed by atoms with Crippen molar-refractivity contribution in [2.75, 3.05) is 0 Å². The van der Waals surface area contributed by atoms with E-state index in [9.17, 15) is 0 Å². The van der Waals surface area contributed by atoms with Crippen LogP contribution in [0.5, 0.6) is 5.75 Å². The van der Waals surface area contributed by atoms with Crippen LogP contribution in [0, 0.1) is 5.41 Å². The molecule has 0 unspecified atom stereocenters. The smallest absolute Gasteiger partial charge is 0.488 e. The van der Waals surface area contributed by atoms with Gasteiger partial charge >= 0.3 is 14.0 Å². The van der Waals surface area contributed by atoms with Crippen LogP contribution in [0.25, 0.3) is 21.9 Å². The molecule has 4 nitrogen and oxygen atoms in total. The Balaban J connectivity index is 1.32. The topological polar surface area (TPSA) is 36.9 Å². The molecule has 0 aromatic heterocycles. The summed E-state index contributed by atoms with van der Waals surface area (Å²) in [5, 5.41) is 2.25. The SMILES string of the molecule is CC1(C)CB(c2ccc3c(c2)COc2c-3ccc3cc(B4OC(C)(C)C(C)(C)O4)ccc23)OC1(C)C. The maximum Gasteiger partial charge on any atom is 0.494 e. The van der Waals surface area contributed by atoms with Gasteiger partial charge in [-0.1, -0.05) is 62.4 Å². The third-order valence-corrected chi connectivity index (χ3v) is 9.45. The Morgan fingerprint density at radius 2 is 1.33 bits per heavy atom. The number of ether oxygens (including phenoxy) is 1. The second kappa shape index (κ2) is 7.63. The Kier molecular flexibility index (Phi) is 5.10. The van der Waals surface area contributed by atoms with Crippen LogP contribution in [-0.4, -0.2) is 30.8 Å². The number of hydrogen-bond donors (Lipinski definition) is 0. The summed E-state index contributed by atoms with van der Waals surface area (Å²) in [6, 6.07) is 17.5. The Bertz CT molecular complexity index is 1340. The van der Waals surface area contributed by atoms with Crippen molar-refractivity contribution in [2.45, 2.75) is 85.1 Å². The van der Waals surface area contributed by atoms with Crippen LogP contribution in [-0.2, 0) is 20.6 Å². The zero-order valence-corrected chi connectivity index (χ0v) is 22.8. The van der Waals surface area contributed by atoms with E-state index in [0.717, 1.165) is 33.9 Å². The van der Waals surface area contributed by atoms with Gasteiger partial charge in [0.25, 0.3) is 0 Å². The maximum atomic E-state index is 6.49. The van der Waals surface area contributed by atoms with Crippen LogP contribution < -0.4 is 15.7 Å². The van der Waals surface area contributed by atoms with E-state index in [2.05, 4.69) is 104 Å². The van der Waals surface area contributed by atoms with E-state index in [0.29, 0.717) is 6.61 Å². The van der Waals surface area contributed by atoms with Crippen LogP contribution in [0.3, 0.4) is 0 Å². The van der Waals surface area contributed by atoms with Gasteiger partial charge in [0.2, 0.25) is 0 Å². The van der Waals surface area contributed by atoms with E-state index >= 15 is 0 Å². The Morgan fingerprint density at radius 1 is 0.667 bits per heavy atom. The lowest BCUT2D eigenvalue weighted by Crippen LogP contribution is -2.41. The van der Waals surface area contributed by atoms with E-state index in [1.807, 2.05) is 0 Å². The van der Waals surface area contributed by atoms with Crippen molar-refractivity contribution in [1.29, 1.82) is 0 Å². The Labute approximate surface area is 215 Å². The van der Waals surface area contributed by atoms with Gasteiger partial charge in [-0.05, 0) is 80.7 Å². The van der Waals surface area contributed by atoms with Gasteiger partial charge in [0.05, 0.1) is 16.8 Å². The van der Waals surface area contributed by atoms with Crippen LogP contribution in [0.1, 0.15) is 61.0 Å². The third kappa shape index (κ3) is 3.56. The lowest BCUT2D eigenvalue weighted by atomic mass is 9.54. The normalized spacial score (nSPS) is 22.9. The first kappa shape index (κ1) is 24.1. The highest BCUT2D eigenvalue weighted by Crippen LogP contribution is 2.46. The van der Waals surface area contributed by atoms with Crippen molar-refractivity contribution >= 4 is 35.7 Å². The maximum absolute atomic E-state index is 6.49. The van der Waals surface area contributed by atoms with Crippen molar-refractivity contribution in [3.05, 3.63) is 54.1 Å². The molecule has 3 aliphatic heterocycles. The highest BCUT2D eigenvalue weighted by molar-refractivity contribution is 6.68. The van der Waals surface area contributed by atoms with E-state index in [1.165, 1.54) is 16.6 Å². The summed E-state index contributed by atoms with van der Waals surface area (Å²) in [7, 11) is -0.372. The second-order valence-corrected chi connectivity index (χ2v) is 12.9. The van der Waals surface area contributed by atoms with Gasteiger partial charge < -0.3 is 18.7 Å². The van der Waals surface area contributed by atoms with Crippen LogP contribution in [0.2, 0.25) is 6.32 Å². The summed E-state index contributed by atoms with van der Waals surface area (Å²) in [5.41, 5.74) is 5.16. The summed E-state index contributed by atoms with van der Waals surface area (Å²) in [6.45, 7) is 18.0. The monoisotopic (exact) mass is 482 g/mol. The molecule has 3 aromatic rings. The number of benzene rings is 3. The summed E-state index contributed by atoms with van der Waals surface area (Å²) in [5.74, 6) is 0.951. The predicted molar refractivity (Wildman–Crippen MR) is 149 cm³/mol. The molecule has 2 fully saturated rings. The van der Waals surface area contributed by atoms with Gasteiger partial charge in [-0.25, -0.2) is 0 Å². The molecule has 0 bridgehead atoms. The zero-order valence-electron chi connectivity index (χ0n) is 22.8. The molecule has 36 heavy (non-hydrogen) atoms. The first-order valence-electron chi connectivity index (χ1n) is 13.1. The Hall–Kier alpha value is -2.27. The first-order chi connectivity index (χ1) is 16.8. The molecule has 186 valence electrons. The standard InChI is InChI=1S/C30H36B2O4/c1-27(2)18-31(34-28(27,3)4)21-10-13-23-20(16-21)17-33-26-24-14-11-22(15-19(24)9-12-25(23)26)32-35-29(5,6)30(7,8)36-32/h9-16H,17-18H2,1-8H3. The predicted octanol–water partition coefficient (Wildman–Crippen LogP) is 5.73. The molecule has 6 rings (SSSR count). The molecular formula is C30H36B2O4. The summed E-state index contributed by atoms with van der Waals surface area (Å²) in [4.78, 5) is 0. The summed E-state index contributed by atoms with van der Waals surface area (Å²) in [6.07, 6.45) is 1.02. The molecule has 2 saturated heterocycles. The first-order valence-corrected chi connectivity index (χ1v) is 13.1. The minimum absolute atomic E-state index is 0.117. The molecule has 0 N–H and O–H groups in total. The molecule has 3 aliphatic rings. The van der Waals surface area contributed by atoms with Gasteiger partial charge in [-0.3, -0.25) is 0 Å². The third-order valence-electron chi connectivity index (χ3n) is 9.45. The van der Waals surface area contributed by atoms with Crippen LogP contribution >= 0.6 is 0 Å². The van der Waals surface area contributed by atoms with Gasteiger partial charge in [0.15, 0.2) is 0 Å². The van der Waals surface area contributed by atoms with E-state index in [4.69, 9.17) is 18.7 Å². The molecule has 0 aliphatic carbocycles. The van der Waals surface area contributed by atoms with Gasteiger partial charge in [0, 0.05) is 10.9 Å². The van der Waals surface area contributed by atoms with Crippen molar-refractivity contribution in [3.8, 4) is 16.9 Å². The van der Waals surface area contributed by atoms with Crippen LogP contribution in [0.4, 0.5) is 0 Å². The fourth-order valence-corrected chi connectivity index (χ4v) is 5.61. The molecule has 0 saturated carbocycles. The Morgan fingerprint density at radius 3 is 2.00 bits per heavy atom. The van der Waals surface area contributed by atoms with Crippen molar-refractivity contribution in [3.63, 3.8) is 0 Å². The fourth-order valence-electron chi connectivity index (χ4n) is 5.61. The van der Waals surface area contributed by atoms with E-state index in [-0.39, 0.29) is 36.3 Å². The molecule has 3 aromatic carbocycles. The number of rotatable bonds is 2. The zero-order chi connectivity index (χ0) is 25.7. The molecule has 0 atom stereocenters.